The highest BCUT2D eigenvalue weighted by atomic mass is 16.7. The Morgan fingerprint density at radius 2 is 1.32 bits per heavy atom. The number of nitrogens with one attached hydrogen (secondary N) is 1. The van der Waals surface area contributed by atoms with Gasteiger partial charge in [-0.2, -0.15) is 0 Å². The summed E-state index contributed by atoms with van der Waals surface area (Å²) in [6, 6.07) is 5.31. The topological polar surface area (TPSA) is 278 Å². The molecule has 250 valence electrons. The Labute approximate surface area is 253 Å². The highest BCUT2D eigenvalue weighted by Gasteiger charge is 2.52. The summed E-state index contributed by atoms with van der Waals surface area (Å²) in [6.45, 7) is -0.484. The van der Waals surface area contributed by atoms with Gasteiger partial charge in [0.25, 0.3) is 0 Å². The lowest BCUT2D eigenvalue weighted by Gasteiger charge is -2.48. The standard InChI is InChI=1S/C27H43N3O14/c1-11(33)30-18-24(44-26-17(29)23(38)20(35)14(8-32)42-26)21(36)15(43-27(18)39-9-12-5-3-2-4-6-12)10-40-25-16(28)22(37)19(34)13(7-31)41-25/h2-6,13-27,31-32,34-38H,7-10,28-29H2,1H3,(H,30,33)/t13-,14-,15-,16-,17-,18-,19-,20-,21-,22-,23-,24-,25-,26+,27+/m1/s1. The smallest absolute Gasteiger partial charge is 0.217 e. The third-order valence-corrected chi connectivity index (χ3v) is 7.87. The average Bonchev–Trinajstić information content (AvgIpc) is 3.01. The normalized spacial score (nSPS) is 43.0. The van der Waals surface area contributed by atoms with Crippen LogP contribution in [0.1, 0.15) is 12.5 Å². The summed E-state index contributed by atoms with van der Waals surface area (Å²) in [7, 11) is 0. The Kier molecular flexibility index (Phi) is 12.4. The molecule has 0 spiro atoms. The van der Waals surface area contributed by atoms with E-state index in [4.69, 9.17) is 39.9 Å². The van der Waals surface area contributed by atoms with Crippen LogP contribution in [-0.4, -0.2) is 153 Å². The lowest BCUT2D eigenvalue weighted by Crippen LogP contribution is -2.69. The molecule has 17 nitrogen and oxygen atoms in total. The second-order valence-electron chi connectivity index (χ2n) is 11.1. The van der Waals surface area contributed by atoms with Crippen LogP contribution in [0.3, 0.4) is 0 Å². The zero-order valence-electron chi connectivity index (χ0n) is 24.0. The molecule has 4 rings (SSSR count). The SMILES string of the molecule is CC(=O)N[C@H]1[C@@H](OCc2ccccc2)O[C@H](CO[C@@H]2O[C@H](CO)[C@@H](O)[C@H](O)[C@H]2N)[C@@H](O)[C@@H]1O[C@@H]1O[C@H](CO)[C@@H](O)[C@H](O)[C@H]1N. The zero-order chi connectivity index (χ0) is 32.1. The number of hydrogen-bond donors (Lipinski definition) is 10. The van der Waals surface area contributed by atoms with Crippen LogP contribution in [0.5, 0.6) is 0 Å². The molecule has 44 heavy (non-hydrogen) atoms. The highest BCUT2D eigenvalue weighted by Crippen LogP contribution is 2.31. The second kappa shape index (κ2) is 15.6. The Balaban J connectivity index is 1.58. The largest absolute Gasteiger partial charge is 0.394 e. The summed E-state index contributed by atoms with van der Waals surface area (Å²) < 4.78 is 34.9. The Morgan fingerprint density at radius 3 is 1.89 bits per heavy atom. The summed E-state index contributed by atoms with van der Waals surface area (Å²) in [4.78, 5) is 12.3. The molecule has 0 bridgehead atoms. The fraction of sp³-hybridized carbons (Fsp3) is 0.741. The van der Waals surface area contributed by atoms with Crippen LogP contribution in [0.15, 0.2) is 30.3 Å². The van der Waals surface area contributed by atoms with Crippen LogP contribution in [0.25, 0.3) is 0 Å². The van der Waals surface area contributed by atoms with Crippen molar-refractivity contribution >= 4 is 5.91 Å². The van der Waals surface area contributed by atoms with Crippen LogP contribution in [0.2, 0.25) is 0 Å². The summed E-state index contributed by atoms with van der Waals surface area (Å²) in [6.07, 6.45) is -16.7. The van der Waals surface area contributed by atoms with E-state index in [1.54, 1.807) is 24.3 Å². The summed E-state index contributed by atoms with van der Waals surface area (Å²) >= 11 is 0. The van der Waals surface area contributed by atoms with Gasteiger partial charge in [0.2, 0.25) is 5.91 Å². The molecule has 12 N–H and O–H groups in total. The van der Waals surface area contributed by atoms with Gasteiger partial charge in [-0.25, -0.2) is 0 Å². The van der Waals surface area contributed by atoms with Crippen molar-refractivity contribution in [2.75, 3.05) is 19.8 Å². The van der Waals surface area contributed by atoms with Crippen LogP contribution < -0.4 is 16.8 Å². The number of aliphatic hydroxyl groups is 7. The van der Waals surface area contributed by atoms with Crippen LogP contribution in [-0.2, 0) is 39.8 Å². The molecule has 3 aliphatic heterocycles. The maximum atomic E-state index is 12.3. The number of benzene rings is 1. The Morgan fingerprint density at radius 1 is 0.773 bits per heavy atom. The monoisotopic (exact) mass is 633 g/mol. The van der Waals surface area contributed by atoms with Gasteiger partial charge in [-0.05, 0) is 5.56 Å². The van der Waals surface area contributed by atoms with E-state index in [1.165, 1.54) is 6.92 Å². The molecule has 0 unspecified atom stereocenters. The van der Waals surface area contributed by atoms with E-state index >= 15 is 0 Å². The molecule has 0 radical (unpaired) electrons. The van der Waals surface area contributed by atoms with Gasteiger partial charge < -0.3 is 81.0 Å². The Hall–Kier alpha value is -1.91. The van der Waals surface area contributed by atoms with E-state index in [0.29, 0.717) is 0 Å². The van der Waals surface area contributed by atoms with Crippen molar-refractivity contribution in [1.82, 2.24) is 5.32 Å². The van der Waals surface area contributed by atoms with Crippen molar-refractivity contribution in [3.05, 3.63) is 35.9 Å². The molecular weight excluding hydrogens is 590 g/mol. The molecule has 1 aromatic carbocycles. The van der Waals surface area contributed by atoms with Crippen molar-refractivity contribution in [3.63, 3.8) is 0 Å². The quantitative estimate of drug-likeness (QED) is 0.109. The van der Waals surface area contributed by atoms with Crippen molar-refractivity contribution in [2.45, 2.75) is 105 Å². The molecule has 3 saturated heterocycles. The van der Waals surface area contributed by atoms with Crippen molar-refractivity contribution in [2.24, 2.45) is 11.5 Å². The van der Waals surface area contributed by atoms with Gasteiger partial charge >= 0.3 is 0 Å². The molecule has 1 amide bonds. The van der Waals surface area contributed by atoms with E-state index < -0.39 is 118 Å². The summed E-state index contributed by atoms with van der Waals surface area (Å²) in [5.41, 5.74) is 12.8. The minimum absolute atomic E-state index is 0.0216. The highest BCUT2D eigenvalue weighted by molar-refractivity contribution is 5.73. The first-order chi connectivity index (χ1) is 21.0. The number of rotatable bonds is 11. The molecule has 0 aliphatic carbocycles. The number of hydrogen-bond acceptors (Lipinski definition) is 16. The summed E-state index contributed by atoms with van der Waals surface area (Å²) in [5.74, 6) is -0.524. The van der Waals surface area contributed by atoms with Gasteiger partial charge in [0, 0.05) is 6.92 Å². The Bertz CT molecular complexity index is 1040. The van der Waals surface area contributed by atoms with Gasteiger partial charge in [-0.15, -0.1) is 0 Å². The van der Waals surface area contributed by atoms with Crippen LogP contribution in [0, 0.1) is 0 Å². The predicted octanol–water partition coefficient (Wildman–Crippen LogP) is -5.27. The minimum Gasteiger partial charge on any atom is -0.394 e. The van der Waals surface area contributed by atoms with E-state index in [9.17, 15) is 40.5 Å². The van der Waals surface area contributed by atoms with Gasteiger partial charge in [0.05, 0.1) is 38.5 Å². The van der Waals surface area contributed by atoms with Crippen molar-refractivity contribution in [1.29, 1.82) is 0 Å². The molecule has 17 heteroatoms. The maximum absolute atomic E-state index is 12.3. The van der Waals surface area contributed by atoms with E-state index in [2.05, 4.69) is 5.32 Å². The fourth-order valence-corrected chi connectivity index (χ4v) is 5.32. The first-order valence-electron chi connectivity index (χ1n) is 14.3. The van der Waals surface area contributed by atoms with E-state index in [1.807, 2.05) is 6.07 Å². The van der Waals surface area contributed by atoms with E-state index in [-0.39, 0.29) is 6.61 Å². The van der Waals surface area contributed by atoms with E-state index in [0.717, 1.165) is 5.56 Å². The molecule has 3 fully saturated rings. The molecule has 3 heterocycles. The number of aliphatic hydroxyl groups excluding tert-OH is 7. The van der Waals surface area contributed by atoms with Crippen LogP contribution in [0.4, 0.5) is 0 Å². The van der Waals surface area contributed by atoms with Gasteiger partial charge in [0.15, 0.2) is 18.9 Å². The number of amides is 1. The lowest BCUT2D eigenvalue weighted by molar-refractivity contribution is -0.335. The van der Waals surface area contributed by atoms with Gasteiger partial charge in [-0.3, -0.25) is 4.79 Å². The fourth-order valence-electron chi connectivity index (χ4n) is 5.32. The molecule has 0 aromatic heterocycles. The number of nitrogens with two attached hydrogens (primary N) is 2. The molecule has 0 saturated carbocycles. The number of carbonyl (C=O) groups is 1. The van der Waals surface area contributed by atoms with Crippen molar-refractivity contribution < 1.29 is 69.0 Å². The minimum atomic E-state index is -1.58. The van der Waals surface area contributed by atoms with Gasteiger partial charge in [-0.1, -0.05) is 30.3 Å². The molecule has 3 aliphatic rings. The zero-order valence-corrected chi connectivity index (χ0v) is 24.0. The lowest BCUT2D eigenvalue weighted by atomic mass is 9.94. The molecular formula is C27H43N3O14. The predicted molar refractivity (Wildman–Crippen MR) is 146 cm³/mol. The second-order valence-corrected chi connectivity index (χ2v) is 11.1. The molecule has 15 atom stereocenters. The van der Waals surface area contributed by atoms with Crippen LogP contribution >= 0.6 is 0 Å². The third-order valence-electron chi connectivity index (χ3n) is 7.87. The number of ether oxygens (including phenoxy) is 6. The average molecular weight is 634 g/mol. The summed E-state index contributed by atoms with van der Waals surface area (Å²) in [5, 5.41) is 74.3. The maximum Gasteiger partial charge on any atom is 0.217 e. The van der Waals surface area contributed by atoms with Gasteiger partial charge in [0.1, 0.15) is 61.0 Å². The first kappa shape index (κ1) is 35.0. The first-order valence-corrected chi connectivity index (χ1v) is 14.3. The third kappa shape index (κ3) is 7.89. The van der Waals surface area contributed by atoms with Crippen molar-refractivity contribution in [3.8, 4) is 0 Å². The molecule has 1 aromatic rings. The number of carbonyl (C=O) groups excluding carboxylic acids is 1.